The number of thioether (sulfide) groups is 1. The van der Waals surface area contributed by atoms with Crippen molar-refractivity contribution in [3.63, 3.8) is 0 Å². The minimum Gasteiger partial charge on any atom is -0.341 e. The third-order valence-electron chi connectivity index (χ3n) is 3.84. The molecule has 0 saturated heterocycles. The molecule has 1 heterocycles. The average Bonchev–Trinajstić information content (AvgIpc) is 3.37. The number of aromatic nitrogens is 3. The minimum absolute atomic E-state index is 0.387. The fourth-order valence-corrected chi connectivity index (χ4v) is 3.38. The van der Waals surface area contributed by atoms with Gasteiger partial charge in [0.1, 0.15) is 11.1 Å². The van der Waals surface area contributed by atoms with Gasteiger partial charge in [-0.1, -0.05) is 42.1 Å². The van der Waals surface area contributed by atoms with E-state index < -0.39 is 11.3 Å². The molecule has 1 saturated carbocycles. The van der Waals surface area contributed by atoms with Crippen molar-refractivity contribution in [2.45, 2.75) is 29.2 Å². The van der Waals surface area contributed by atoms with Crippen LogP contribution in [-0.4, -0.2) is 33.8 Å². The quantitative estimate of drug-likeness (QED) is 0.809. The van der Waals surface area contributed by atoms with Crippen molar-refractivity contribution in [2.75, 3.05) is 7.05 Å². The maximum absolute atomic E-state index is 12.5. The highest BCUT2D eigenvalue weighted by Gasteiger charge is 2.31. The number of nitrogens with zero attached hydrogens (tertiary/aromatic N) is 3. The number of rotatable bonds is 5. The third-order valence-corrected chi connectivity index (χ3v) is 5.13. The van der Waals surface area contributed by atoms with Gasteiger partial charge in [-0.05, 0) is 18.4 Å². The van der Waals surface area contributed by atoms with E-state index in [4.69, 9.17) is 0 Å². The van der Waals surface area contributed by atoms with Gasteiger partial charge in [0.05, 0.1) is 0 Å². The predicted molar refractivity (Wildman–Crippen MR) is 90.6 cm³/mol. The molecule has 2 N–H and O–H groups in total. The molecule has 0 radical (unpaired) electrons. The molecule has 0 aliphatic heterocycles. The number of urea groups is 1. The van der Waals surface area contributed by atoms with Crippen LogP contribution < -0.4 is 10.6 Å². The average molecular weight is 345 g/mol. The standard InChI is InChI=1S/C16H19N5O2S/c1-17-15(23)18-14(22)12(10-6-4-3-5-7-10)24-16-20-19-13(21(16)2)11-8-9-11/h3-7,11-12H,8-9H2,1-2H3,(H2,17,18,22,23)/t12-/m0/s1. The van der Waals surface area contributed by atoms with Gasteiger partial charge in [-0.3, -0.25) is 10.1 Å². The predicted octanol–water partition coefficient (Wildman–Crippen LogP) is 1.98. The monoisotopic (exact) mass is 345 g/mol. The van der Waals surface area contributed by atoms with Gasteiger partial charge in [0.15, 0.2) is 5.16 Å². The Hall–Kier alpha value is -2.35. The first-order chi connectivity index (χ1) is 11.6. The molecule has 126 valence electrons. The topological polar surface area (TPSA) is 88.9 Å². The molecule has 1 aromatic heterocycles. The number of benzene rings is 1. The lowest BCUT2D eigenvalue weighted by atomic mass is 10.1. The Labute approximate surface area is 144 Å². The molecule has 0 spiro atoms. The van der Waals surface area contributed by atoms with Crippen molar-refractivity contribution >= 4 is 23.7 Å². The molecule has 3 rings (SSSR count). The van der Waals surface area contributed by atoms with Crippen molar-refractivity contribution in [2.24, 2.45) is 7.05 Å². The van der Waals surface area contributed by atoms with Gasteiger partial charge >= 0.3 is 6.03 Å². The fourth-order valence-electron chi connectivity index (χ4n) is 2.37. The van der Waals surface area contributed by atoms with E-state index in [0.717, 1.165) is 24.2 Å². The molecular formula is C16H19N5O2S. The van der Waals surface area contributed by atoms with Crippen LogP contribution in [0.25, 0.3) is 0 Å². The Kier molecular flexibility index (Phi) is 4.84. The van der Waals surface area contributed by atoms with Gasteiger partial charge in [0.25, 0.3) is 0 Å². The lowest BCUT2D eigenvalue weighted by molar-refractivity contribution is -0.119. The number of hydrogen-bond acceptors (Lipinski definition) is 5. The fraction of sp³-hybridized carbons (Fsp3) is 0.375. The van der Waals surface area contributed by atoms with E-state index in [1.807, 2.05) is 41.9 Å². The highest BCUT2D eigenvalue weighted by atomic mass is 32.2. The van der Waals surface area contributed by atoms with E-state index in [0.29, 0.717) is 11.1 Å². The molecule has 1 fully saturated rings. The summed E-state index contributed by atoms with van der Waals surface area (Å²) in [5, 5.41) is 13.3. The molecule has 1 aliphatic carbocycles. The van der Waals surface area contributed by atoms with Crippen LogP contribution in [0.1, 0.15) is 35.4 Å². The maximum Gasteiger partial charge on any atom is 0.321 e. The molecule has 1 aromatic carbocycles. The molecule has 1 aliphatic rings. The molecule has 2 aromatic rings. The van der Waals surface area contributed by atoms with Crippen LogP contribution in [0, 0.1) is 0 Å². The van der Waals surface area contributed by atoms with Crippen LogP contribution in [0.5, 0.6) is 0 Å². The number of imide groups is 1. The lowest BCUT2D eigenvalue weighted by Gasteiger charge is -2.15. The second-order valence-electron chi connectivity index (χ2n) is 5.65. The first kappa shape index (κ1) is 16.5. The molecule has 0 unspecified atom stereocenters. The van der Waals surface area contributed by atoms with Crippen molar-refractivity contribution in [1.29, 1.82) is 0 Å². The highest BCUT2D eigenvalue weighted by Crippen LogP contribution is 2.41. The second kappa shape index (κ2) is 7.04. The molecule has 1 atom stereocenters. The van der Waals surface area contributed by atoms with Crippen LogP contribution in [0.4, 0.5) is 4.79 Å². The summed E-state index contributed by atoms with van der Waals surface area (Å²) in [4.78, 5) is 24.0. The van der Waals surface area contributed by atoms with Crippen molar-refractivity contribution in [3.05, 3.63) is 41.7 Å². The first-order valence-electron chi connectivity index (χ1n) is 7.73. The summed E-state index contributed by atoms with van der Waals surface area (Å²) in [6.07, 6.45) is 2.27. The molecule has 8 heteroatoms. The Bertz CT molecular complexity index is 742. The molecular weight excluding hydrogens is 326 g/mol. The molecule has 7 nitrogen and oxygen atoms in total. The normalized spacial score (nSPS) is 14.9. The number of carbonyl (C=O) groups excluding carboxylic acids is 2. The summed E-state index contributed by atoms with van der Waals surface area (Å²) in [7, 11) is 3.38. The Morgan fingerprint density at radius 1 is 1.25 bits per heavy atom. The number of carbonyl (C=O) groups is 2. The summed E-state index contributed by atoms with van der Waals surface area (Å²) < 4.78 is 1.94. The number of nitrogens with one attached hydrogen (secondary N) is 2. The van der Waals surface area contributed by atoms with E-state index >= 15 is 0 Å². The number of hydrogen-bond donors (Lipinski definition) is 2. The lowest BCUT2D eigenvalue weighted by Crippen LogP contribution is -2.39. The Balaban J connectivity index is 1.84. The van der Waals surface area contributed by atoms with E-state index in [-0.39, 0.29) is 5.91 Å². The van der Waals surface area contributed by atoms with Crippen LogP contribution in [-0.2, 0) is 11.8 Å². The van der Waals surface area contributed by atoms with Gasteiger partial charge in [-0.25, -0.2) is 4.79 Å². The summed E-state index contributed by atoms with van der Waals surface area (Å²) in [6, 6.07) is 8.80. The Morgan fingerprint density at radius 2 is 1.96 bits per heavy atom. The van der Waals surface area contributed by atoms with Gasteiger partial charge in [-0.2, -0.15) is 0 Å². The summed E-state index contributed by atoms with van der Waals surface area (Å²) in [5.74, 6) is 1.05. The van der Waals surface area contributed by atoms with E-state index in [1.54, 1.807) is 0 Å². The van der Waals surface area contributed by atoms with Gasteiger partial charge in [0.2, 0.25) is 5.91 Å². The first-order valence-corrected chi connectivity index (χ1v) is 8.61. The van der Waals surface area contributed by atoms with E-state index in [9.17, 15) is 9.59 Å². The zero-order valence-electron chi connectivity index (χ0n) is 13.5. The van der Waals surface area contributed by atoms with Crippen LogP contribution in [0.2, 0.25) is 0 Å². The zero-order valence-corrected chi connectivity index (χ0v) is 14.3. The van der Waals surface area contributed by atoms with Crippen molar-refractivity contribution in [1.82, 2.24) is 25.4 Å². The minimum atomic E-state index is -0.585. The second-order valence-corrected chi connectivity index (χ2v) is 6.72. The summed E-state index contributed by atoms with van der Waals surface area (Å²) >= 11 is 1.29. The number of amides is 3. The van der Waals surface area contributed by atoms with Gasteiger partial charge in [-0.15, -0.1) is 10.2 Å². The smallest absolute Gasteiger partial charge is 0.321 e. The maximum atomic E-state index is 12.5. The largest absolute Gasteiger partial charge is 0.341 e. The van der Waals surface area contributed by atoms with E-state index in [1.165, 1.54) is 18.8 Å². The third kappa shape index (κ3) is 3.59. The van der Waals surface area contributed by atoms with Crippen LogP contribution in [0.3, 0.4) is 0 Å². The van der Waals surface area contributed by atoms with E-state index in [2.05, 4.69) is 20.8 Å². The van der Waals surface area contributed by atoms with Crippen molar-refractivity contribution < 1.29 is 9.59 Å². The van der Waals surface area contributed by atoms with Crippen LogP contribution in [0.15, 0.2) is 35.5 Å². The summed E-state index contributed by atoms with van der Waals surface area (Å²) in [6.45, 7) is 0. The zero-order chi connectivity index (χ0) is 17.1. The van der Waals surface area contributed by atoms with Gasteiger partial charge in [0, 0.05) is 20.0 Å². The molecule has 0 bridgehead atoms. The highest BCUT2D eigenvalue weighted by molar-refractivity contribution is 8.00. The SMILES string of the molecule is CNC(=O)NC(=O)[C@@H](Sc1nnc(C2CC2)n1C)c1ccccc1. The molecule has 3 amide bonds. The molecule has 24 heavy (non-hydrogen) atoms. The van der Waals surface area contributed by atoms with Crippen molar-refractivity contribution in [3.8, 4) is 0 Å². The summed E-state index contributed by atoms with van der Waals surface area (Å²) in [5.41, 5.74) is 0.805. The van der Waals surface area contributed by atoms with Gasteiger partial charge < -0.3 is 9.88 Å². The van der Waals surface area contributed by atoms with Crippen LogP contribution >= 0.6 is 11.8 Å². The Morgan fingerprint density at radius 3 is 2.58 bits per heavy atom.